The summed E-state index contributed by atoms with van der Waals surface area (Å²) in [5.41, 5.74) is -4.93. The van der Waals surface area contributed by atoms with Gasteiger partial charge < -0.3 is 5.11 Å². The average Bonchev–Trinajstić information content (AvgIpc) is 2.36. The number of hydrogen-bond donors (Lipinski definition) is 1. The summed E-state index contributed by atoms with van der Waals surface area (Å²) in [6, 6.07) is 2.92. The fourth-order valence-electron chi connectivity index (χ4n) is 1.92. The fourth-order valence-corrected chi connectivity index (χ4v) is 1.92. The topological polar surface area (TPSA) is 20.2 Å². The first-order chi connectivity index (χ1) is 9.52. The number of aliphatic hydroxyl groups excluding tert-OH is 1. The van der Waals surface area contributed by atoms with Crippen LogP contribution in [0.25, 0.3) is 0 Å². The summed E-state index contributed by atoms with van der Waals surface area (Å²) in [7, 11) is 0. The molecule has 0 aromatic heterocycles. The number of alkyl halides is 6. The van der Waals surface area contributed by atoms with Crippen molar-refractivity contribution in [2.75, 3.05) is 0 Å². The first-order valence-corrected chi connectivity index (χ1v) is 6.03. The zero-order chi connectivity index (χ0) is 16.4. The Labute approximate surface area is 116 Å². The lowest BCUT2D eigenvalue weighted by Gasteiger charge is -2.29. The molecule has 0 aliphatic carbocycles. The molecule has 1 aromatic carbocycles. The summed E-state index contributed by atoms with van der Waals surface area (Å²) in [6.45, 7) is 1.57. The van der Waals surface area contributed by atoms with E-state index in [4.69, 9.17) is 0 Å². The van der Waals surface area contributed by atoms with Gasteiger partial charge in [-0.25, -0.2) is 17.6 Å². The summed E-state index contributed by atoms with van der Waals surface area (Å²) in [6.07, 6.45) is -14.1. The molecule has 0 saturated carbocycles. The third-order valence-corrected chi connectivity index (χ3v) is 3.16. The van der Waals surface area contributed by atoms with Crippen LogP contribution in [0.3, 0.4) is 0 Å². The Morgan fingerprint density at radius 3 is 2.14 bits per heavy atom. The van der Waals surface area contributed by atoms with E-state index in [-0.39, 0.29) is 17.5 Å². The van der Waals surface area contributed by atoms with Crippen molar-refractivity contribution in [3.05, 3.63) is 35.1 Å². The molecule has 2 unspecified atom stereocenters. The van der Waals surface area contributed by atoms with Crippen molar-refractivity contribution in [1.29, 1.82) is 0 Å². The normalized spacial score (nSPS) is 16.9. The number of benzene rings is 1. The highest BCUT2D eigenvalue weighted by Gasteiger charge is 2.63. The SMILES string of the molecule is CCc1ccc(F)cc1C(O)CC(F)(C(F)F)C(F)(F)F. The smallest absolute Gasteiger partial charge is 0.388 e. The summed E-state index contributed by atoms with van der Waals surface area (Å²) in [5.74, 6) is -0.866. The van der Waals surface area contributed by atoms with Gasteiger partial charge in [0.2, 0.25) is 0 Å². The van der Waals surface area contributed by atoms with Gasteiger partial charge in [-0.05, 0) is 29.7 Å². The molecule has 0 spiro atoms. The third kappa shape index (κ3) is 3.66. The van der Waals surface area contributed by atoms with Gasteiger partial charge in [-0.1, -0.05) is 13.0 Å². The standard InChI is InChI=1S/C13H13F7O/c1-2-7-3-4-8(14)5-9(7)10(21)6-12(17,11(15)16)13(18,19)20/h3-5,10-11,21H,2,6H2,1H3. The van der Waals surface area contributed by atoms with Crippen molar-refractivity contribution >= 4 is 0 Å². The van der Waals surface area contributed by atoms with E-state index in [1.54, 1.807) is 6.92 Å². The van der Waals surface area contributed by atoms with Gasteiger partial charge in [-0.15, -0.1) is 0 Å². The van der Waals surface area contributed by atoms with Crippen LogP contribution in [0.4, 0.5) is 30.7 Å². The van der Waals surface area contributed by atoms with E-state index in [1.165, 1.54) is 6.07 Å². The molecule has 0 radical (unpaired) electrons. The van der Waals surface area contributed by atoms with Crippen LogP contribution in [0.15, 0.2) is 18.2 Å². The minimum atomic E-state index is -5.85. The lowest BCUT2D eigenvalue weighted by Crippen LogP contribution is -2.48. The Hall–Kier alpha value is -1.31. The molecule has 0 aliphatic heterocycles. The van der Waals surface area contributed by atoms with Gasteiger partial charge in [0.15, 0.2) is 0 Å². The molecular weight excluding hydrogens is 305 g/mol. The largest absolute Gasteiger partial charge is 0.428 e. The van der Waals surface area contributed by atoms with Crippen molar-refractivity contribution < 1.29 is 35.8 Å². The molecule has 0 aliphatic rings. The van der Waals surface area contributed by atoms with Crippen LogP contribution >= 0.6 is 0 Å². The number of halogens is 7. The van der Waals surface area contributed by atoms with Crippen LogP contribution in [-0.4, -0.2) is 23.4 Å². The molecule has 120 valence electrons. The summed E-state index contributed by atoms with van der Waals surface area (Å²) in [5, 5.41) is 9.66. The minimum absolute atomic E-state index is 0.215. The van der Waals surface area contributed by atoms with E-state index in [9.17, 15) is 35.8 Å². The summed E-state index contributed by atoms with van der Waals surface area (Å²) < 4.78 is 88.9. The lowest BCUT2D eigenvalue weighted by atomic mass is 9.91. The second-order valence-corrected chi connectivity index (χ2v) is 4.58. The van der Waals surface area contributed by atoms with Gasteiger partial charge in [-0.2, -0.15) is 13.2 Å². The van der Waals surface area contributed by atoms with Gasteiger partial charge in [0, 0.05) is 6.42 Å². The molecule has 0 fully saturated rings. The number of hydrogen-bond acceptors (Lipinski definition) is 1. The average molecular weight is 318 g/mol. The van der Waals surface area contributed by atoms with Crippen molar-refractivity contribution in [3.8, 4) is 0 Å². The first kappa shape index (κ1) is 17.7. The van der Waals surface area contributed by atoms with Gasteiger partial charge in [0.1, 0.15) is 5.82 Å². The molecule has 0 saturated heterocycles. The summed E-state index contributed by atoms with van der Waals surface area (Å²) >= 11 is 0. The van der Waals surface area contributed by atoms with Crippen LogP contribution < -0.4 is 0 Å². The van der Waals surface area contributed by atoms with E-state index < -0.39 is 36.6 Å². The van der Waals surface area contributed by atoms with Crippen LogP contribution in [0.1, 0.15) is 30.6 Å². The highest BCUT2D eigenvalue weighted by Crippen LogP contribution is 2.45. The van der Waals surface area contributed by atoms with Gasteiger partial charge >= 0.3 is 6.18 Å². The predicted octanol–water partition coefficient (Wildman–Crippen LogP) is 4.35. The van der Waals surface area contributed by atoms with Gasteiger partial charge in [0.05, 0.1) is 6.10 Å². The van der Waals surface area contributed by atoms with E-state index in [1.807, 2.05) is 0 Å². The van der Waals surface area contributed by atoms with Crippen LogP contribution in [-0.2, 0) is 6.42 Å². The lowest BCUT2D eigenvalue weighted by molar-refractivity contribution is -0.276. The van der Waals surface area contributed by atoms with Crippen LogP contribution in [0, 0.1) is 5.82 Å². The molecule has 8 heteroatoms. The zero-order valence-corrected chi connectivity index (χ0v) is 10.9. The van der Waals surface area contributed by atoms with Crippen molar-refractivity contribution in [1.82, 2.24) is 0 Å². The maximum absolute atomic E-state index is 13.6. The highest BCUT2D eigenvalue weighted by atomic mass is 19.4. The van der Waals surface area contributed by atoms with Crippen molar-refractivity contribution in [2.45, 2.75) is 44.1 Å². The molecule has 2 atom stereocenters. The molecule has 0 bridgehead atoms. The minimum Gasteiger partial charge on any atom is -0.388 e. The predicted molar refractivity (Wildman–Crippen MR) is 61.3 cm³/mol. The number of rotatable bonds is 5. The third-order valence-electron chi connectivity index (χ3n) is 3.16. The molecule has 1 rings (SSSR count). The Morgan fingerprint density at radius 1 is 1.14 bits per heavy atom. The van der Waals surface area contributed by atoms with Gasteiger partial charge in [-0.3, -0.25) is 0 Å². The molecule has 1 aromatic rings. The highest BCUT2D eigenvalue weighted by molar-refractivity contribution is 5.30. The van der Waals surface area contributed by atoms with Crippen LogP contribution in [0.2, 0.25) is 0 Å². The summed E-state index contributed by atoms with van der Waals surface area (Å²) in [4.78, 5) is 0. The van der Waals surface area contributed by atoms with E-state index >= 15 is 0 Å². The zero-order valence-electron chi connectivity index (χ0n) is 10.9. The van der Waals surface area contributed by atoms with Crippen LogP contribution in [0.5, 0.6) is 0 Å². The number of aryl methyl sites for hydroxylation is 1. The quantitative estimate of drug-likeness (QED) is 0.801. The molecule has 21 heavy (non-hydrogen) atoms. The fraction of sp³-hybridized carbons (Fsp3) is 0.538. The molecular formula is C13H13F7O. The monoisotopic (exact) mass is 318 g/mol. The first-order valence-electron chi connectivity index (χ1n) is 6.03. The van der Waals surface area contributed by atoms with Gasteiger partial charge in [0.25, 0.3) is 12.1 Å². The van der Waals surface area contributed by atoms with Crippen molar-refractivity contribution in [3.63, 3.8) is 0 Å². The second-order valence-electron chi connectivity index (χ2n) is 4.58. The van der Waals surface area contributed by atoms with E-state index in [2.05, 4.69) is 0 Å². The Bertz CT molecular complexity index is 486. The molecule has 0 amide bonds. The number of aliphatic hydroxyl groups is 1. The van der Waals surface area contributed by atoms with E-state index in [0.29, 0.717) is 6.07 Å². The Morgan fingerprint density at radius 2 is 1.71 bits per heavy atom. The Kier molecular flexibility index (Phi) is 5.25. The maximum atomic E-state index is 13.6. The molecule has 0 heterocycles. The second kappa shape index (κ2) is 6.21. The van der Waals surface area contributed by atoms with Crippen molar-refractivity contribution in [2.24, 2.45) is 0 Å². The molecule has 1 N–H and O–H groups in total. The Balaban J connectivity index is 3.14. The maximum Gasteiger partial charge on any atom is 0.428 e. The molecule has 1 nitrogen and oxygen atoms in total. The van der Waals surface area contributed by atoms with E-state index in [0.717, 1.165) is 6.07 Å².